The maximum atomic E-state index is 14.6. The number of nitrogens with zero attached hydrogens (tertiary/aromatic N) is 1. The topological polar surface area (TPSA) is 57.2 Å². The highest BCUT2D eigenvalue weighted by Crippen LogP contribution is 2.52. The molecule has 0 aliphatic carbocycles. The average Bonchev–Trinajstić information content (AvgIpc) is 2.82. The van der Waals surface area contributed by atoms with Crippen LogP contribution in [0.3, 0.4) is 0 Å². The van der Waals surface area contributed by atoms with Gasteiger partial charge in [0.05, 0.1) is 46.1 Å². The second kappa shape index (κ2) is 8.78. The fourth-order valence-corrected chi connectivity index (χ4v) is 4.18. The predicted molar refractivity (Wildman–Crippen MR) is 118 cm³/mol. The van der Waals surface area contributed by atoms with E-state index in [0.717, 1.165) is 5.56 Å². The molecule has 3 aromatic rings. The van der Waals surface area contributed by atoms with Crippen LogP contribution in [0.4, 0.5) is 10.1 Å². The summed E-state index contributed by atoms with van der Waals surface area (Å²) < 4.78 is 35.9. The van der Waals surface area contributed by atoms with Crippen LogP contribution < -0.4 is 23.8 Å². The zero-order chi connectivity index (χ0) is 22.8. The van der Waals surface area contributed by atoms with Crippen LogP contribution in [-0.4, -0.2) is 34.3 Å². The lowest BCUT2D eigenvalue weighted by Gasteiger charge is -2.48. The molecule has 6 nitrogen and oxygen atoms in total. The number of amides is 1. The summed E-state index contributed by atoms with van der Waals surface area (Å²) in [5, 5.41) is 0. The summed E-state index contributed by atoms with van der Waals surface area (Å²) in [4.78, 5) is 15.0. The molecule has 0 aromatic heterocycles. The van der Waals surface area contributed by atoms with Crippen molar-refractivity contribution < 1.29 is 28.1 Å². The standard InChI is InChI=1S/C25H24FNO5/c1-29-19-11-10-16(12-18(19)26)23-22(15-8-6-5-7-9-15)25(28)27(23)17-13-20(30-2)24(32-4)21(14-17)31-3/h5-14,22-23H,1-4H3/t22-,23-/m1/s1. The molecule has 1 fully saturated rings. The number of halogens is 1. The lowest BCUT2D eigenvalue weighted by Crippen LogP contribution is -2.53. The first-order chi connectivity index (χ1) is 15.5. The number of β-lactam (4-membered cyclic amide) rings is 1. The van der Waals surface area contributed by atoms with Gasteiger partial charge in [-0.3, -0.25) is 4.79 Å². The molecular weight excluding hydrogens is 413 g/mol. The molecule has 0 bridgehead atoms. The van der Waals surface area contributed by atoms with Crippen molar-refractivity contribution in [3.8, 4) is 23.0 Å². The Balaban J connectivity index is 1.84. The van der Waals surface area contributed by atoms with Crippen molar-refractivity contribution in [1.82, 2.24) is 0 Å². The second-order valence-electron chi connectivity index (χ2n) is 7.32. The molecule has 4 rings (SSSR count). The Kier molecular flexibility index (Phi) is 5.90. The van der Waals surface area contributed by atoms with Crippen LogP contribution in [0.5, 0.6) is 23.0 Å². The SMILES string of the molecule is COc1ccc([C@@H]2[C@@H](c3ccccc3)C(=O)N2c2cc(OC)c(OC)c(OC)c2)cc1F. The molecule has 0 radical (unpaired) electrons. The number of hydrogen-bond donors (Lipinski definition) is 0. The van der Waals surface area contributed by atoms with Crippen LogP contribution in [0.2, 0.25) is 0 Å². The molecule has 7 heteroatoms. The van der Waals surface area contributed by atoms with E-state index in [9.17, 15) is 9.18 Å². The number of benzene rings is 3. The smallest absolute Gasteiger partial charge is 0.237 e. The van der Waals surface area contributed by atoms with E-state index in [2.05, 4.69) is 0 Å². The maximum Gasteiger partial charge on any atom is 0.237 e. The highest BCUT2D eigenvalue weighted by molar-refractivity contribution is 6.07. The first-order valence-corrected chi connectivity index (χ1v) is 10.1. The molecular formula is C25H24FNO5. The average molecular weight is 437 g/mol. The third-order valence-corrected chi connectivity index (χ3v) is 5.70. The molecule has 32 heavy (non-hydrogen) atoms. The van der Waals surface area contributed by atoms with E-state index < -0.39 is 17.8 Å². The molecule has 1 saturated heterocycles. The Labute approximate surface area is 186 Å². The number of hydrogen-bond acceptors (Lipinski definition) is 5. The van der Waals surface area contributed by atoms with Crippen LogP contribution in [0.25, 0.3) is 0 Å². The predicted octanol–water partition coefficient (Wildman–Crippen LogP) is 4.73. The lowest BCUT2D eigenvalue weighted by atomic mass is 9.77. The molecule has 2 atom stereocenters. The van der Waals surface area contributed by atoms with Gasteiger partial charge in [0.2, 0.25) is 11.7 Å². The van der Waals surface area contributed by atoms with Gasteiger partial charge in [-0.15, -0.1) is 0 Å². The molecule has 1 amide bonds. The van der Waals surface area contributed by atoms with Crippen molar-refractivity contribution >= 4 is 11.6 Å². The monoisotopic (exact) mass is 437 g/mol. The minimum atomic E-state index is -0.485. The third kappa shape index (κ3) is 3.49. The summed E-state index contributed by atoms with van der Waals surface area (Å²) in [6, 6.07) is 17.2. The van der Waals surface area contributed by atoms with E-state index in [1.165, 1.54) is 34.5 Å². The van der Waals surface area contributed by atoms with Gasteiger partial charge in [0.1, 0.15) is 0 Å². The minimum absolute atomic E-state index is 0.105. The summed E-state index contributed by atoms with van der Waals surface area (Å²) in [6.45, 7) is 0. The summed E-state index contributed by atoms with van der Waals surface area (Å²) in [7, 11) is 5.97. The number of rotatable bonds is 7. The van der Waals surface area contributed by atoms with Gasteiger partial charge in [0.25, 0.3) is 0 Å². The fourth-order valence-electron chi connectivity index (χ4n) is 4.18. The minimum Gasteiger partial charge on any atom is -0.494 e. The highest BCUT2D eigenvalue weighted by Gasteiger charge is 2.50. The fraction of sp³-hybridized carbons (Fsp3) is 0.240. The Morgan fingerprint density at radius 3 is 1.91 bits per heavy atom. The van der Waals surface area contributed by atoms with E-state index in [1.807, 2.05) is 30.3 Å². The Hall–Kier alpha value is -3.74. The van der Waals surface area contributed by atoms with Crippen LogP contribution >= 0.6 is 0 Å². The number of anilines is 1. The van der Waals surface area contributed by atoms with Crippen LogP contribution in [0.1, 0.15) is 23.1 Å². The number of carbonyl (C=O) groups is 1. The van der Waals surface area contributed by atoms with Gasteiger partial charge >= 0.3 is 0 Å². The summed E-state index contributed by atoms with van der Waals surface area (Å²) in [6.07, 6.45) is 0. The Bertz CT molecular complexity index is 1110. The summed E-state index contributed by atoms with van der Waals surface area (Å²) in [5.74, 6) is 0.388. The number of ether oxygens (including phenoxy) is 4. The van der Waals surface area contributed by atoms with Gasteiger partial charge in [-0.25, -0.2) is 4.39 Å². The van der Waals surface area contributed by atoms with E-state index in [4.69, 9.17) is 18.9 Å². The van der Waals surface area contributed by atoms with Crippen LogP contribution in [0.15, 0.2) is 60.7 Å². The van der Waals surface area contributed by atoms with Crippen molar-refractivity contribution in [3.05, 3.63) is 77.6 Å². The third-order valence-electron chi connectivity index (χ3n) is 5.70. The van der Waals surface area contributed by atoms with E-state index >= 15 is 0 Å². The number of carbonyl (C=O) groups excluding carboxylic acids is 1. The van der Waals surface area contributed by atoms with Crippen molar-refractivity contribution in [2.24, 2.45) is 0 Å². The van der Waals surface area contributed by atoms with Crippen molar-refractivity contribution in [3.63, 3.8) is 0 Å². The second-order valence-corrected chi connectivity index (χ2v) is 7.32. The van der Waals surface area contributed by atoms with Gasteiger partial charge in [-0.2, -0.15) is 0 Å². The number of methoxy groups -OCH3 is 4. The molecule has 0 saturated carbocycles. The molecule has 166 valence electrons. The highest BCUT2D eigenvalue weighted by atomic mass is 19.1. The van der Waals surface area contributed by atoms with Crippen molar-refractivity contribution in [2.45, 2.75) is 12.0 Å². The van der Waals surface area contributed by atoms with Gasteiger partial charge in [0.15, 0.2) is 23.1 Å². The molecule has 0 unspecified atom stereocenters. The Morgan fingerprint density at radius 2 is 1.38 bits per heavy atom. The maximum absolute atomic E-state index is 14.6. The first-order valence-electron chi connectivity index (χ1n) is 10.1. The summed E-state index contributed by atoms with van der Waals surface area (Å²) >= 11 is 0. The van der Waals surface area contributed by atoms with Gasteiger partial charge in [-0.1, -0.05) is 36.4 Å². The zero-order valence-corrected chi connectivity index (χ0v) is 18.3. The molecule has 0 spiro atoms. The largest absolute Gasteiger partial charge is 0.494 e. The zero-order valence-electron chi connectivity index (χ0n) is 18.3. The molecule has 1 aliphatic rings. The molecule has 0 N–H and O–H groups in total. The van der Waals surface area contributed by atoms with Gasteiger partial charge in [-0.05, 0) is 23.3 Å². The first kappa shape index (κ1) is 21.5. The van der Waals surface area contributed by atoms with Crippen LogP contribution in [-0.2, 0) is 4.79 Å². The molecule has 3 aromatic carbocycles. The normalized spacial score (nSPS) is 17.5. The van der Waals surface area contributed by atoms with Crippen molar-refractivity contribution in [1.29, 1.82) is 0 Å². The van der Waals surface area contributed by atoms with E-state index in [-0.39, 0.29) is 11.7 Å². The van der Waals surface area contributed by atoms with Crippen LogP contribution in [0, 0.1) is 5.82 Å². The van der Waals surface area contributed by atoms with Gasteiger partial charge < -0.3 is 23.8 Å². The van der Waals surface area contributed by atoms with Crippen molar-refractivity contribution in [2.75, 3.05) is 33.3 Å². The van der Waals surface area contributed by atoms with E-state index in [0.29, 0.717) is 28.5 Å². The molecule has 1 aliphatic heterocycles. The summed E-state index contributed by atoms with van der Waals surface area (Å²) in [5.41, 5.74) is 2.09. The lowest BCUT2D eigenvalue weighted by molar-refractivity contribution is -0.126. The molecule has 1 heterocycles. The quantitative estimate of drug-likeness (QED) is 0.500. The van der Waals surface area contributed by atoms with E-state index in [1.54, 1.807) is 29.2 Å². The van der Waals surface area contributed by atoms with Gasteiger partial charge in [0, 0.05) is 12.1 Å². The Morgan fingerprint density at radius 1 is 0.750 bits per heavy atom.